The van der Waals surface area contributed by atoms with Crippen LogP contribution in [-0.2, 0) is 61.8 Å². The SMILES string of the molecule is CO[C@@H]1O[C@@H](C(=O)O)[C@@H](O[C@@H]2OC(C(=O)O)[C@@H](O[C@@H]3OC(C(=O)O)[C@@H](O[C@@H]4OC(C(=O)O)[C@@H](OC)[C@@H](O)C4O)C(C)C3O)C(O)[C@H]2O)C(O)C1O. The fourth-order valence-electron chi connectivity index (χ4n) is 6.09. The Hall–Kier alpha value is -2.76. The average molecular weight is 749 g/mol. The fourth-order valence-corrected chi connectivity index (χ4v) is 6.09. The van der Waals surface area contributed by atoms with E-state index in [1.54, 1.807) is 0 Å². The third-order valence-electron chi connectivity index (χ3n) is 8.90. The molecule has 292 valence electrons. The topological polar surface area (TPSA) is 374 Å². The van der Waals surface area contributed by atoms with Crippen molar-refractivity contribution in [2.45, 2.75) is 124 Å². The van der Waals surface area contributed by atoms with E-state index in [1.807, 2.05) is 0 Å². The van der Waals surface area contributed by atoms with Crippen molar-refractivity contribution < 1.29 is 118 Å². The van der Waals surface area contributed by atoms with Gasteiger partial charge in [-0.25, -0.2) is 19.2 Å². The van der Waals surface area contributed by atoms with E-state index in [0.717, 1.165) is 14.2 Å². The Morgan fingerprint density at radius 3 is 1.08 bits per heavy atom. The Morgan fingerprint density at radius 2 is 0.706 bits per heavy atom. The molecule has 0 aromatic rings. The van der Waals surface area contributed by atoms with Crippen molar-refractivity contribution in [3.8, 4) is 0 Å². The number of ether oxygens (including phenoxy) is 9. The number of rotatable bonds is 12. The summed E-state index contributed by atoms with van der Waals surface area (Å²) in [6.07, 6.45) is -38.2. The number of carboxylic acids is 4. The molecule has 51 heavy (non-hydrogen) atoms. The van der Waals surface area contributed by atoms with E-state index in [2.05, 4.69) is 0 Å². The summed E-state index contributed by atoms with van der Waals surface area (Å²) in [5.41, 5.74) is 0. The van der Waals surface area contributed by atoms with Crippen LogP contribution >= 0.6 is 0 Å². The third kappa shape index (κ3) is 8.10. The number of hydrogen-bond acceptors (Lipinski definition) is 20. The summed E-state index contributed by atoms with van der Waals surface area (Å²) in [7, 11) is 2.08. The zero-order valence-electron chi connectivity index (χ0n) is 26.8. The number of methoxy groups -OCH3 is 2. The van der Waals surface area contributed by atoms with E-state index in [9.17, 15) is 75.3 Å². The van der Waals surface area contributed by atoms with E-state index in [-0.39, 0.29) is 0 Å². The molecule has 0 radical (unpaired) electrons. The summed E-state index contributed by atoms with van der Waals surface area (Å²) < 4.78 is 46.9. The molecule has 4 aliphatic heterocycles. The highest BCUT2D eigenvalue weighted by Gasteiger charge is 2.58. The Morgan fingerprint density at radius 1 is 0.412 bits per heavy atom. The van der Waals surface area contributed by atoms with E-state index in [4.69, 9.17) is 42.6 Å². The maximum absolute atomic E-state index is 12.3. The fraction of sp³-hybridized carbons (Fsp3) is 0.852. The molecule has 4 saturated heterocycles. The number of aliphatic hydroxyl groups excluding tert-OH is 7. The van der Waals surface area contributed by atoms with Crippen molar-refractivity contribution in [2.24, 2.45) is 5.92 Å². The first-order valence-electron chi connectivity index (χ1n) is 15.2. The van der Waals surface area contributed by atoms with Crippen LogP contribution in [0.15, 0.2) is 0 Å². The summed E-state index contributed by atoms with van der Waals surface area (Å²) >= 11 is 0. The maximum atomic E-state index is 12.3. The highest BCUT2D eigenvalue weighted by atomic mass is 16.8. The third-order valence-corrected chi connectivity index (χ3v) is 8.90. The molecule has 4 heterocycles. The van der Waals surface area contributed by atoms with Gasteiger partial charge in [0.1, 0.15) is 67.1 Å². The van der Waals surface area contributed by atoms with Crippen LogP contribution in [0.2, 0.25) is 0 Å². The molecule has 4 fully saturated rings. The van der Waals surface area contributed by atoms with Gasteiger partial charge in [-0.05, 0) is 0 Å². The van der Waals surface area contributed by atoms with Gasteiger partial charge in [-0.1, -0.05) is 6.92 Å². The van der Waals surface area contributed by atoms with E-state index < -0.39 is 147 Å². The Kier molecular flexibility index (Phi) is 13.3. The smallest absolute Gasteiger partial charge is 0.335 e. The number of carboxylic acid groups (broad SMARTS) is 4. The Balaban J connectivity index is 1.51. The Bertz CT molecular complexity index is 1250. The molecule has 9 unspecified atom stereocenters. The lowest BCUT2D eigenvalue weighted by atomic mass is 9.89. The van der Waals surface area contributed by atoms with Gasteiger partial charge in [0.15, 0.2) is 49.6 Å². The van der Waals surface area contributed by atoms with Gasteiger partial charge in [0, 0.05) is 20.1 Å². The predicted molar refractivity (Wildman–Crippen MR) is 149 cm³/mol. The minimum absolute atomic E-state index is 1.04. The molecule has 0 bridgehead atoms. The first-order chi connectivity index (χ1) is 23.9. The number of carbonyl (C=O) groups is 4. The molecular formula is C27H40O24. The molecule has 0 aliphatic carbocycles. The summed E-state index contributed by atoms with van der Waals surface area (Å²) in [4.78, 5) is 48.0. The lowest BCUT2D eigenvalue weighted by Gasteiger charge is -2.48. The van der Waals surface area contributed by atoms with Crippen molar-refractivity contribution in [3.63, 3.8) is 0 Å². The second-order valence-corrected chi connectivity index (χ2v) is 12.1. The molecule has 4 aliphatic rings. The summed E-state index contributed by atoms with van der Waals surface area (Å²) in [5.74, 6) is -8.39. The predicted octanol–water partition coefficient (Wildman–Crippen LogP) is -6.80. The second-order valence-electron chi connectivity index (χ2n) is 12.1. The van der Waals surface area contributed by atoms with Crippen LogP contribution < -0.4 is 0 Å². The van der Waals surface area contributed by atoms with Crippen LogP contribution in [-0.4, -0.2) is 211 Å². The molecular weight excluding hydrogens is 708 g/mol. The van der Waals surface area contributed by atoms with E-state index in [1.165, 1.54) is 6.92 Å². The molecule has 20 atom stereocenters. The molecule has 24 heteroatoms. The molecule has 0 saturated carbocycles. The zero-order chi connectivity index (χ0) is 38.2. The van der Waals surface area contributed by atoms with Gasteiger partial charge in [-0.15, -0.1) is 0 Å². The van der Waals surface area contributed by atoms with Crippen molar-refractivity contribution in [2.75, 3.05) is 14.2 Å². The normalized spacial score (nSPS) is 47.7. The largest absolute Gasteiger partial charge is 0.479 e. The lowest BCUT2D eigenvalue weighted by Crippen LogP contribution is -2.67. The lowest BCUT2D eigenvalue weighted by molar-refractivity contribution is -0.375. The van der Waals surface area contributed by atoms with Gasteiger partial charge in [-0.2, -0.15) is 0 Å². The zero-order valence-corrected chi connectivity index (χ0v) is 26.8. The minimum Gasteiger partial charge on any atom is -0.479 e. The number of aliphatic hydroxyl groups is 7. The van der Waals surface area contributed by atoms with Gasteiger partial charge in [0.25, 0.3) is 0 Å². The van der Waals surface area contributed by atoms with Crippen LogP contribution in [0.3, 0.4) is 0 Å². The molecule has 0 spiro atoms. The van der Waals surface area contributed by atoms with E-state index in [0.29, 0.717) is 0 Å². The summed E-state index contributed by atoms with van der Waals surface area (Å²) in [6.45, 7) is 1.20. The van der Waals surface area contributed by atoms with Crippen molar-refractivity contribution in [1.82, 2.24) is 0 Å². The molecule has 4 rings (SSSR count). The second kappa shape index (κ2) is 16.5. The molecule has 24 nitrogen and oxygen atoms in total. The van der Waals surface area contributed by atoms with Gasteiger partial charge in [0.2, 0.25) is 0 Å². The molecule has 0 aromatic carbocycles. The monoisotopic (exact) mass is 748 g/mol. The van der Waals surface area contributed by atoms with Crippen molar-refractivity contribution in [3.05, 3.63) is 0 Å². The quantitative estimate of drug-likeness (QED) is 0.0883. The van der Waals surface area contributed by atoms with Crippen LogP contribution in [0.4, 0.5) is 0 Å². The number of aliphatic carboxylic acids is 4. The van der Waals surface area contributed by atoms with Gasteiger partial charge in [-0.3, -0.25) is 0 Å². The van der Waals surface area contributed by atoms with Crippen LogP contribution in [0.5, 0.6) is 0 Å². The van der Waals surface area contributed by atoms with E-state index >= 15 is 0 Å². The Labute approximate surface area is 286 Å². The van der Waals surface area contributed by atoms with Gasteiger partial charge in [0.05, 0.1) is 0 Å². The van der Waals surface area contributed by atoms with Crippen molar-refractivity contribution in [1.29, 1.82) is 0 Å². The van der Waals surface area contributed by atoms with Crippen molar-refractivity contribution >= 4 is 23.9 Å². The van der Waals surface area contributed by atoms with Crippen LogP contribution in [0.25, 0.3) is 0 Å². The van der Waals surface area contributed by atoms with Crippen LogP contribution in [0, 0.1) is 5.92 Å². The standard InChI is InChI=1S/C27H40O24/c1-4-5(28)25(49-16(20(35)36)12(4)45-26-10(33)6(29)13(43-2)17(50-26)21(37)38)46-15-8(31)11(34)27(51-19(15)23(41)42)47-14-7(30)9(32)24(44-3)48-18(14)22(39)40/h4-19,24-34H,1-3H3,(H,35,36)(H,37,38)(H,39,40)(H,41,42)/t4?,5?,6-,7?,8?,9?,10?,11+,12-,13-,14-,15-,16?,17?,18+,19?,24+,25+,26+,27+/m0/s1. The highest BCUT2D eigenvalue weighted by Crippen LogP contribution is 2.36. The number of hydrogen-bond donors (Lipinski definition) is 11. The molecule has 11 N–H and O–H groups in total. The molecule has 0 amide bonds. The minimum atomic E-state index is -2.32. The maximum Gasteiger partial charge on any atom is 0.335 e. The summed E-state index contributed by atoms with van der Waals surface area (Å²) in [5, 5.41) is 113. The van der Waals surface area contributed by atoms with Crippen LogP contribution in [0.1, 0.15) is 6.92 Å². The first kappa shape index (κ1) is 41.0. The molecule has 0 aromatic heterocycles. The first-order valence-corrected chi connectivity index (χ1v) is 15.2. The van der Waals surface area contributed by atoms with Gasteiger partial charge < -0.3 is 98.8 Å². The van der Waals surface area contributed by atoms with Gasteiger partial charge >= 0.3 is 23.9 Å². The average Bonchev–Trinajstić information content (AvgIpc) is 3.07. The summed E-state index contributed by atoms with van der Waals surface area (Å²) in [6, 6.07) is 0. The highest BCUT2D eigenvalue weighted by molar-refractivity contribution is 5.75.